The lowest BCUT2D eigenvalue weighted by molar-refractivity contribution is 0.283. The number of rotatable bonds is 7. The highest BCUT2D eigenvalue weighted by molar-refractivity contribution is 5.85. The van der Waals surface area contributed by atoms with Crippen LogP contribution in [0.3, 0.4) is 0 Å². The Kier molecular flexibility index (Phi) is 8.37. The third-order valence-corrected chi connectivity index (χ3v) is 2.09. The van der Waals surface area contributed by atoms with Crippen LogP contribution in [0.2, 0.25) is 0 Å². The van der Waals surface area contributed by atoms with Gasteiger partial charge in [0.25, 0.3) is 0 Å². The van der Waals surface area contributed by atoms with E-state index in [2.05, 4.69) is 17.3 Å². The van der Waals surface area contributed by atoms with Crippen molar-refractivity contribution in [2.45, 2.75) is 32.9 Å². The number of aromatic nitrogens is 2. The van der Waals surface area contributed by atoms with Crippen LogP contribution in [0.5, 0.6) is 0 Å². The first-order chi connectivity index (χ1) is 6.86. The van der Waals surface area contributed by atoms with Gasteiger partial charge in [-0.05, 0) is 32.4 Å². The average Bonchev–Trinajstić information content (AvgIpc) is 2.65. The molecule has 15 heavy (non-hydrogen) atoms. The number of hydrogen-bond donors (Lipinski definition) is 2. The first kappa shape index (κ1) is 14.4. The molecule has 2 N–H and O–H groups in total. The Morgan fingerprint density at radius 1 is 1.47 bits per heavy atom. The third-order valence-electron chi connectivity index (χ3n) is 2.09. The summed E-state index contributed by atoms with van der Waals surface area (Å²) in [6.07, 6.45) is 3.88. The van der Waals surface area contributed by atoms with Crippen molar-refractivity contribution in [2.24, 2.45) is 0 Å². The summed E-state index contributed by atoms with van der Waals surface area (Å²) in [6, 6.07) is 2.03. The van der Waals surface area contributed by atoms with Crippen LogP contribution in [0.4, 0.5) is 0 Å². The maximum atomic E-state index is 8.57. The van der Waals surface area contributed by atoms with Gasteiger partial charge in [-0.25, -0.2) is 0 Å². The standard InChI is InChI=1S/C10H19N3O.ClH/c1-2-13-7-5-10(12-13)9-11-6-3-4-8-14;/h5,7,11,14H,2-4,6,8-9H2,1H3;1H. The normalized spacial score (nSPS) is 10.0. The summed E-state index contributed by atoms with van der Waals surface area (Å²) in [5.41, 5.74) is 1.08. The first-order valence-corrected chi connectivity index (χ1v) is 5.20. The molecule has 1 rings (SSSR count). The highest BCUT2D eigenvalue weighted by atomic mass is 35.5. The van der Waals surface area contributed by atoms with Gasteiger partial charge >= 0.3 is 0 Å². The number of nitrogens with one attached hydrogen (secondary N) is 1. The smallest absolute Gasteiger partial charge is 0.0762 e. The van der Waals surface area contributed by atoms with Crippen molar-refractivity contribution in [1.82, 2.24) is 15.1 Å². The molecule has 0 saturated heterocycles. The Labute approximate surface area is 97.1 Å². The topological polar surface area (TPSA) is 50.1 Å². The summed E-state index contributed by atoms with van der Waals surface area (Å²) in [7, 11) is 0. The van der Waals surface area contributed by atoms with Gasteiger partial charge in [0.15, 0.2) is 0 Å². The summed E-state index contributed by atoms with van der Waals surface area (Å²) in [5.74, 6) is 0. The number of nitrogens with zero attached hydrogens (tertiary/aromatic N) is 2. The summed E-state index contributed by atoms with van der Waals surface area (Å²) in [4.78, 5) is 0. The number of aliphatic hydroxyl groups is 1. The van der Waals surface area contributed by atoms with E-state index >= 15 is 0 Å². The molecule has 0 saturated carbocycles. The first-order valence-electron chi connectivity index (χ1n) is 5.20. The van der Waals surface area contributed by atoms with E-state index in [4.69, 9.17) is 5.11 Å². The molecule has 0 spiro atoms. The van der Waals surface area contributed by atoms with Crippen molar-refractivity contribution in [3.8, 4) is 0 Å². The van der Waals surface area contributed by atoms with Gasteiger partial charge in [0, 0.05) is 25.9 Å². The number of halogens is 1. The van der Waals surface area contributed by atoms with E-state index in [0.29, 0.717) is 0 Å². The minimum Gasteiger partial charge on any atom is -0.396 e. The number of hydrogen-bond acceptors (Lipinski definition) is 3. The van der Waals surface area contributed by atoms with E-state index in [1.54, 1.807) is 0 Å². The molecule has 0 aliphatic carbocycles. The van der Waals surface area contributed by atoms with Gasteiger partial charge < -0.3 is 10.4 Å². The molecule has 0 aromatic carbocycles. The van der Waals surface area contributed by atoms with Crippen LogP contribution in [-0.4, -0.2) is 28.0 Å². The van der Waals surface area contributed by atoms with Crippen LogP contribution in [0.15, 0.2) is 12.3 Å². The zero-order valence-electron chi connectivity index (χ0n) is 9.15. The Morgan fingerprint density at radius 2 is 2.27 bits per heavy atom. The molecule has 0 amide bonds. The molecule has 1 aromatic heterocycles. The van der Waals surface area contributed by atoms with Crippen LogP contribution in [0.25, 0.3) is 0 Å². The van der Waals surface area contributed by atoms with E-state index in [0.717, 1.165) is 38.2 Å². The van der Waals surface area contributed by atoms with Crippen molar-refractivity contribution in [3.05, 3.63) is 18.0 Å². The molecular weight excluding hydrogens is 214 g/mol. The highest BCUT2D eigenvalue weighted by Crippen LogP contribution is 1.95. The number of aliphatic hydroxyl groups excluding tert-OH is 1. The van der Waals surface area contributed by atoms with Crippen molar-refractivity contribution in [3.63, 3.8) is 0 Å². The van der Waals surface area contributed by atoms with E-state index in [9.17, 15) is 0 Å². The fourth-order valence-corrected chi connectivity index (χ4v) is 1.25. The Balaban J connectivity index is 0.00000196. The van der Waals surface area contributed by atoms with Crippen LogP contribution in [-0.2, 0) is 13.1 Å². The molecule has 0 unspecified atom stereocenters. The van der Waals surface area contributed by atoms with E-state index < -0.39 is 0 Å². The van der Waals surface area contributed by atoms with E-state index in [-0.39, 0.29) is 19.0 Å². The predicted octanol–water partition coefficient (Wildman–Crippen LogP) is 1.19. The average molecular weight is 234 g/mol. The lowest BCUT2D eigenvalue weighted by Gasteiger charge is -2.00. The van der Waals surface area contributed by atoms with Gasteiger partial charge in [-0.3, -0.25) is 4.68 Å². The minimum absolute atomic E-state index is 0. The number of aryl methyl sites for hydroxylation is 1. The number of unbranched alkanes of at least 4 members (excludes halogenated alkanes) is 1. The molecule has 0 bridgehead atoms. The largest absolute Gasteiger partial charge is 0.396 e. The minimum atomic E-state index is 0. The Hall–Kier alpha value is -0.580. The maximum absolute atomic E-state index is 8.57. The van der Waals surface area contributed by atoms with Crippen LogP contribution < -0.4 is 5.32 Å². The summed E-state index contributed by atoms with van der Waals surface area (Å²) in [6.45, 7) is 5.04. The predicted molar refractivity (Wildman–Crippen MR) is 63.2 cm³/mol. The zero-order valence-corrected chi connectivity index (χ0v) is 9.96. The van der Waals surface area contributed by atoms with E-state index in [1.165, 1.54) is 0 Å². The second-order valence-electron chi connectivity index (χ2n) is 3.27. The maximum Gasteiger partial charge on any atom is 0.0762 e. The van der Waals surface area contributed by atoms with Gasteiger partial charge in [0.1, 0.15) is 0 Å². The van der Waals surface area contributed by atoms with Crippen LogP contribution in [0.1, 0.15) is 25.5 Å². The molecule has 5 heteroatoms. The molecule has 1 aromatic rings. The monoisotopic (exact) mass is 233 g/mol. The van der Waals surface area contributed by atoms with Crippen molar-refractivity contribution in [1.29, 1.82) is 0 Å². The second kappa shape index (κ2) is 8.71. The molecule has 0 fully saturated rings. The molecule has 0 aliphatic rings. The third kappa shape index (κ3) is 5.77. The van der Waals surface area contributed by atoms with E-state index in [1.807, 2.05) is 16.9 Å². The molecule has 1 heterocycles. The fourth-order valence-electron chi connectivity index (χ4n) is 1.25. The molecule has 88 valence electrons. The quantitative estimate of drug-likeness (QED) is 0.696. The lowest BCUT2D eigenvalue weighted by atomic mass is 10.3. The second-order valence-corrected chi connectivity index (χ2v) is 3.27. The van der Waals surface area contributed by atoms with Gasteiger partial charge in [0.2, 0.25) is 0 Å². The summed E-state index contributed by atoms with van der Waals surface area (Å²) < 4.78 is 1.92. The SMILES string of the molecule is CCn1ccc(CNCCCCO)n1.Cl. The Bertz CT molecular complexity index is 253. The molecular formula is C10H20ClN3O. The van der Waals surface area contributed by atoms with Gasteiger partial charge in [-0.2, -0.15) is 5.10 Å². The molecule has 4 nitrogen and oxygen atoms in total. The zero-order chi connectivity index (χ0) is 10.2. The highest BCUT2D eigenvalue weighted by Gasteiger charge is 1.96. The van der Waals surface area contributed by atoms with Crippen molar-refractivity contribution >= 4 is 12.4 Å². The molecule has 0 atom stereocenters. The lowest BCUT2D eigenvalue weighted by Crippen LogP contribution is -2.15. The molecule has 0 radical (unpaired) electrons. The van der Waals surface area contributed by atoms with Gasteiger partial charge in [-0.1, -0.05) is 0 Å². The van der Waals surface area contributed by atoms with Gasteiger partial charge in [0.05, 0.1) is 5.69 Å². The summed E-state index contributed by atoms with van der Waals surface area (Å²) in [5, 5.41) is 16.2. The fraction of sp³-hybridized carbons (Fsp3) is 0.700. The van der Waals surface area contributed by atoms with Crippen LogP contribution >= 0.6 is 12.4 Å². The van der Waals surface area contributed by atoms with Gasteiger partial charge in [-0.15, -0.1) is 12.4 Å². The Morgan fingerprint density at radius 3 is 2.87 bits per heavy atom. The summed E-state index contributed by atoms with van der Waals surface area (Å²) >= 11 is 0. The van der Waals surface area contributed by atoms with Crippen LogP contribution in [0, 0.1) is 0 Å². The van der Waals surface area contributed by atoms with Crippen molar-refractivity contribution < 1.29 is 5.11 Å². The van der Waals surface area contributed by atoms with Crippen molar-refractivity contribution in [2.75, 3.05) is 13.2 Å². The molecule has 0 aliphatic heterocycles.